The van der Waals surface area contributed by atoms with Crippen LogP contribution < -0.4 is 15.6 Å². The zero-order valence-electron chi connectivity index (χ0n) is 17.8. The van der Waals surface area contributed by atoms with E-state index >= 15 is 0 Å². The summed E-state index contributed by atoms with van der Waals surface area (Å²) in [6.07, 6.45) is -0.802. The van der Waals surface area contributed by atoms with Crippen molar-refractivity contribution < 1.29 is 19.1 Å². The van der Waals surface area contributed by atoms with Crippen LogP contribution in [0, 0.1) is 5.92 Å². The summed E-state index contributed by atoms with van der Waals surface area (Å²) in [6.45, 7) is 5.23. The third-order valence-electron chi connectivity index (χ3n) is 4.87. The van der Waals surface area contributed by atoms with Crippen molar-refractivity contribution in [3.05, 3.63) is 70.3 Å². The lowest BCUT2D eigenvalue weighted by Gasteiger charge is -2.23. The molecule has 1 heterocycles. The summed E-state index contributed by atoms with van der Waals surface area (Å²) in [5.41, 5.74) is 0.599. The van der Waals surface area contributed by atoms with E-state index in [1.165, 1.54) is 0 Å². The van der Waals surface area contributed by atoms with Gasteiger partial charge in [0.05, 0.1) is 18.0 Å². The summed E-state index contributed by atoms with van der Waals surface area (Å²) in [7, 11) is 1.54. The van der Waals surface area contributed by atoms with Gasteiger partial charge in [0.1, 0.15) is 11.8 Å². The Kier molecular flexibility index (Phi) is 6.69. The molecule has 0 spiro atoms. The van der Waals surface area contributed by atoms with Crippen LogP contribution in [0.4, 0.5) is 0 Å². The highest BCUT2D eigenvalue weighted by molar-refractivity contribution is 5.97. The summed E-state index contributed by atoms with van der Waals surface area (Å²) in [5.74, 6) is -0.364. The third-order valence-corrected chi connectivity index (χ3v) is 4.87. The molecule has 0 fully saturated rings. The number of hydrogen-bond acceptors (Lipinski definition) is 6. The molecule has 2 atom stereocenters. The number of carbonyl (C=O) groups excluding carboxylic acids is 2. The first-order valence-corrected chi connectivity index (χ1v) is 9.94. The van der Waals surface area contributed by atoms with E-state index in [0.717, 1.165) is 0 Å². The molecule has 0 bridgehead atoms. The normalized spacial score (nSPS) is 12.9. The van der Waals surface area contributed by atoms with E-state index in [9.17, 15) is 14.4 Å². The third kappa shape index (κ3) is 5.09. The molecule has 1 amide bonds. The van der Waals surface area contributed by atoms with Crippen LogP contribution in [-0.4, -0.2) is 35.0 Å². The van der Waals surface area contributed by atoms with Gasteiger partial charge < -0.3 is 19.8 Å². The fraction of sp³-hybridized carbons (Fsp3) is 0.304. The SMILES string of the molecule is COc1ccc(C(=O)N[C@H](C(=O)O[C@H](C)c2nc3ccccc3c(=O)[nH]2)C(C)C)cc1. The van der Waals surface area contributed by atoms with E-state index < -0.39 is 24.0 Å². The number of methoxy groups -OCH3 is 1. The van der Waals surface area contributed by atoms with Crippen molar-refractivity contribution in [2.45, 2.75) is 32.9 Å². The molecule has 0 aliphatic rings. The molecule has 8 nitrogen and oxygen atoms in total. The Morgan fingerprint density at radius 2 is 1.71 bits per heavy atom. The number of rotatable bonds is 7. The molecular formula is C23H25N3O5. The van der Waals surface area contributed by atoms with Gasteiger partial charge in [0, 0.05) is 5.56 Å². The van der Waals surface area contributed by atoms with Crippen molar-refractivity contribution in [2.24, 2.45) is 5.92 Å². The van der Waals surface area contributed by atoms with Crippen molar-refractivity contribution in [1.29, 1.82) is 0 Å². The van der Waals surface area contributed by atoms with Gasteiger partial charge in [0.25, 0.3) is 11.5 Å². The Labute approximate surface area is 179 Å². The second-order valence-corrected chi connectivity index (χ2v) is 7.47. The van der Waals surface area contributed by atoms with Gasteiger partial charge in [-0.3, -0.25) is 9.59 Å². The lowest BCUT2D eigenvalue weighted by atomic mass is 10.0. The lowest BCUT2D eigenvalue weighted by Crippen LogP contribution is -2.45. The summed E-state index contributed by atoms with van der Waals surface area (Å²) in [5, 5.41) is 3.18. The van der Waals surface area contributed by atoms with E-state index in [4.69, 9.17) is 9.47 Å². The highest BCUT2D eigenvalue weighted by Gasteiger charge is 2.28. The number of H-pyrrole nitrogens is 1. The largest absolute Gasteiger partial charge is 0.497 e. The predicted octanol–water partition coefficient (Wildman–Crippen LogP) is 2.99. The molecule has 3 rings (SSSR count). The summed E-state index contributed by atoms with van der Waals surface area (Å²) < 4.78 is 10.6. The van der Waals surface area contributed by atoms with Crippen LogP contribution in [0.3, 0.4) is 0 Å². The average Bonchev–Trinajstić information content (AvgIpc) is 2.76. The van der Waals surface area contributed by atoms with Gasteiger partial charge in [-0.1, -0.05) is 26.0 Å². The standard InChI is InChI=1S/C23H25N3O5/c1-13(2)19(25-21(27)15-9-11-16(30-4)12-10-15)23(29)31-14(3)20-24-18-8-6-5-7-17(18)22(28)26-20/h5-14,19H,1-4H3,(H,25,27)(H,24,26,28)/t14-,19+/m1/s1. The smallest absolute Gasteiger partial charge is 0.329 e. The van der Waals surface area contributed by atoms with Crippen LogP contribution in [-0.2, 0) is 9.53 Å². The molecule has 0 aliphatic heterocycles. The monoisotopic (exact) mass is 423 g/mol. The molecule has 8 heteroatoms. The summed E-state index contributed by atoms with van der Waals surface area (Å²) >= 11 is 0. The first-order chi connectivity index (χ1) is 14.8. The van der Waals surface area contributed by atoms with Gasteiger partial charge in [-0.05, 0) is 49.2 Å². The Hall–Kier alpha value is -3.68. The second-order valence-electron chi connectivity index (χ2n) is 7.47. The molecule has 0 unspecified atom stereocenters. The van der Waals surface area contributed by atoms with Gasteiger partial charge in [-0.15, -0.1) is 0 Å². The molecule has 0 saturated heterocycles. The Morgan fingerprint density at radius 1 is 1.03 bits per heavy atom. The maximum absolute atomic E-state index is 12.8. The fourth-order valence-electron chi connectivity index (χ4n) is 3.07. The van der Waals surface area contributed by atoms with Crippen molar-refractivity contribution in [1.82, 2.24) is 15.3 Å². The number of ether oxygens (including phenoxy) is 2. The number of hydrogen-bond donors (Lipinski definition) is 2. The van der Waals surface area contributed by atoms with Crippen LogP contribution in [0.15, 0.2) is 53.3 Å². The molecule has 31 heavy (non-hydrogen) atoms. The molecule has 0 radical (unpaired) electrons. The van der Waals surface area contributed by atoms with Crippen LogP contribution in [0.5, 0.6) is 5.75 Å². The van der Waals surface area contributed by atoms with Crippen LogP contribution in [0.1, 0.15) is 43.1 Å². The number of nitrogens with one attached hydrogen (secondary N) is 2. The van der Waals surface area contributed by atoms with Gasteiger partial charge in [-0.2, -0.15) is 0 Å². The van der Waals surface area contributed by atoms with E-state index in [0.29, 0.717) is 22.2 Å². The molecule has 2 aromatic carbocycles. The van der Waals surface area contributed by atoms with Gasteiger partial charge in [0.15, 0.2) is 11.9 Å². The summed E-state index contributed by atoms with van der Waals surface area (Å²) in [4.78, 5) is 44.7. The van der Waals surface area contributed by atoms with Crippen molar-refractivity contribution in [2.75, 3.05) is 7.11 Å². The van der Waals surface area contributed by atoms with E-state index in [-0.39, 0.29) is 17.3 Å². The molecule has 0 aliphatic carbocycles. The molecule has 162 valence electrons. The van der Waals surface area contributed by atoms with E-state index in [1.54, 1.807) is 76.4 Å². The molecular weight excluding hydrogens is 398 g/mol. The highest BCUT2D eigenvalue weighted by atomic mass is 16.5. The van der Waals surface area contributed by atoms with Crippen LogP contribution in [0.2, 0.25) is 0 Å². The van der Waals surface area contributed by atoms with Crippen LogP contribution in [0.25, 0.3) is 10.9 Å². The van der Waals surface area contributed by atoms with E-state index in [2.05, 4.69) is 15.3 Å². The lowest BCUT2D eigenvalue weighted by molar-refractivity contribution is -0.152. The number of aromatic nitrogens is 2. The Bertz CT molecular complexity index is 1140. The second kappa shape index (κ2) is 9.42. The Balaban J connectivity index is 1.74. The maximum atomic E-state index is 12.8. The zero-order valence-corrected chi connectivity index (χ0v) is 17.8. The number of carbonyl (C=O) groups is 2. The number of esters is 1. The topological polar surface area (TPSA) is 110 Å². The first-order valence-electron chi connectivity index (χ1n) is 9.94. The minimum Gasteiger partial charge on any atom is -0.497 e. The fourth-order valence-corrected chi connectivity index (χ4v) is 3.07. The molecule has 3 aromatic rings. The quantitative estimate of drug-likeness (QED) is 0.565. The van der Waals surface area contributed by atoms with Crippen LogP contribution >= 0.6 is 0 Å². The van der Waals surface area contributed by atoms with Gasteiger partial charge >= 0.3 is 5.97 Å². The molecule has 1 aromatic heterocycles. The minimum absolute atomic E-state index is 0.217. The highest BCUT2D eigenvalue weighted by Crippen LogP contribution is 2.17. The number of para-hydroxylation sites is 1. The maximum Gasteiger partial charge on any atom is 0.329 e. The van der Waals surface area contributed by atoms with Crippen molar-refractivity contribution in [3.63, 3.8) is 0 Å². The van der Waals surface area contributed by atoms with Crippen molar-refractivity contribution in [3.8, 4) is 5.75 Å². The van der Waals surface area contributed by atoms with Crippen molar-refractivity contribution >= 4 is 22.8 Å². The minimum atomic E-state index is -0.871. The Morgan fingerprint density at radius 3 is 2.35 bits per heavy atom. The van der Waals surface area contributed by atoms with E-state index in [1.807, 2.05) is 0 Å². The number of fused-ring (bicyclic) bond motifs is 1. The molecule has 2 N–H and O–H groups in total. The predicted molar refractivity (Wildman–Crippen MR) is 116 cm³/mol. The number of aromatic amines is 1. The average molecular weight is 423 g/mol. The molecule has 0 saturated carbocycles. The number of nitrogens with zero attached hydrogens (tertiary/aromatic N) is 1. The number of benzene rings is 2. The van der Waals surface area contributed by atoms with Gasteiger partial charge in [-0.25, -0.2) is 9.78 Å². The summed E-state index contributed by atoms with van der Waals surface area (Å²) in [6, 6.07) is 12.6. The first kappa shape index (κ1) is 22.0. The number of amides is 1. The zero-order chi connectivity index (χ0) is 22.5. The van der Waals surface area contributed by atoms with Gasteiger partial charge in [0.2, 0.25) is 0 Å².